The van der Waals surface area contributed by atoms with E-state index in [0.29, 0.717) is 6.42 Å². The quantitative estimate of drug-likeness (QED) is 0.765. The van der Waals surface area contributed by atoms with E-state index in [9.17, 15) is 9.90 Å². The highest BCUT2D eigenvalue weighted by molar-refractivity contribution is 5.83. The summed E-state index contributed by atoms with van der Waals surface area (Å²) >= 11 is 0. The molecule has 1 atom stereocenters. The molecule has 3 heteroatoms. The molecule has 14 heavy (non-hydrogen) atoms. The van der Waals surface area contributed by atoms with Gasteiger partial charge in [0, 0.05) is 0 Å². The van der Waals surface area contributed by atoms with Crippen molar-refractivity contribution in [1.82, 2.24) is 0 Å². The summed E-state index contributed by atoms with van der Waals surface area (Å²) in [6.07, 6.45) is 0.670. The summed E-state index contributed by atoms with van der Waals surface area (Å²) in [6.45, 7) is 3.37. The van der Waals surface area contributed by atoms with Gasteiger partial charge in [0.25, 0.3) is 0 Å². The van der Waals surface area contributed by atoms with E-state index < -0.39 is 6.04 Å². The lowest BCUT2D eigenvalue weighted by Crippen LogP contribution is -2.20. The topological polar surface area (TPSA) is 63.3 Å². The lowest BCUT2D eigenvalue weighted by Gasteiger charge is -2.13. The maximum atomic E-state index is 11.1. The Kier molecular flexibility index (Phi) is 3.25. The zero-order valence-corrected chi connectivity index (χ0v) is 8.45. The van der Waals surface area contributed by atoms with Gasteiger partial charge in [-0.05, 0) is 30.5 Å². The number of aromatic hydroxyl groups is 1. The van der Waals surface area contributed by atoms with Gasteiger partial charge in [-0.3, -0.25) is 4.79 Å². The Morgan fingerprint density at radius 2 is 2.21 bits per heavy atom. The number of phenols is 1. The third kappa shape index (κ3) is 1.93. The maximum Gasteiger partial charge on any atom is 0.150 e. The highest BCUT2D eigenvalue weighted by atomic mass is 16.3. The molecule has 0 aliphatic carbocycles. The summed E-state index contributed by atoms with van der Waals surface area (Å²) in [5.74, 6) is 0.118. The molecule has 1 unspecified atom stereocenters. The SMILES string of the molecule is CCc1c(O)cccc1C(N)C(C)=O. The fourth-order valence-corrected chi connectivity index (χ4v) is 1.49. The molecule has 76 valence electrons. The third-order valence-corrected chi connectivity index (χ3v) is 2.31. The van der Waals surface area contributed by atoms with E-state index in [4.69, 9.17) is 5.73 Å². The Labute approximate surface area is 83.6 Å². The molecular weight excluding hydrogens is 178 g/mol. The lowest BCUT2D eigenvalue weighted by molar-refractivity contribution is -0.118. The van der Waals surface area contributed by atoms with Crippen molar-refractivity contribution in [2.24, 2.45) is 5.73 Å². The number of nitrogens with two attached hydrogens (primary N) is 1. The zero-order valence-electron chi connectivity index (χ0n) is 8.45. The predicted octanol–water partition coefficient (Wildman–Crippen LogP) is 1.54. The van der Waals surface area contributed by atoms with E-state index in [0.717, 1.165) is 11.1 Å². The summed E-state index contributed by atoms with van der Waals surface area (Å²) in [7, 11) is 0. The van der Waals surface area contributed by atoms with Crippen molar-refractivity contribution in [3.05, 3.63) is 29.3 Å². The fraction of sp³-hybridized carbons (Fsp3) is 0.364. The average molecular weight is 193 g/mol. The van der Waals surface area contributed by atoms with Gasteiger partial charge in [-0.1, -0.05) is 19.1 Å². The average Bonchev–Trinajstić information content (AvgIpc) is 2.16. The van der Waals surface area contributed by atoms with Crippen molar-refractivity contribution >= 4 is 5.78 Å². The molecule has 0 saturated carbocycles. The van der Waals surface area contributed by atoms with E-state index in [1.54, 1.807) is 18.2 Å². The molecule has 1 aromatic carbocycles. The number of ketones is 1. The maximum absolute atomic E-state index is 11.1. The van der Waals surface area contributed by atoms with Crippen LogP contribution in [0.25, 0.3) is 0 Å². The molecule has 0 amide bonds. The first kappa shape index (κ1) is 10.7. The van der Waals surface area contributed by atoms with Gasteiger partial charge in [0.05, 0.1) is 6.04 Å². The minimum absolute atomic E-state index is 0.0923. The van der Waals surface area contributed by atoms with Crippen LogP contribution in [0.1, 0.15) is 31.0 Å². The largest absolute Gasteiger partial charge is 0.508 e. The number of carbonyl (C=O) groups excluding carboxylic acids is 1. The van der Waals surface area contributed by atoms with Gasteiger partial charge >= 0.3 is 0 Å². The van der Waals surface area contributed by atoms with Crippen LogP contribution in [0.2, 0.25) is 0 Å². The first-order valence-corrected chi connectivity index (χ1v) is 4.64. The minimum atomic E-state index is -0.628. The van der Waals surface area contributed by atoms with Crippen LogP contribution < -0.4 is 5.73 Å². The van der Waals surface area contributed by atoms with Gasteiger partial charge in [-0.15, -0.1) is 0 Å². The van der Waals surface area contributed by atoms with Crippen LogP contribution in [0.15, 0.2) is 18.2 Å². The van der Waals surface area contributed by atoms with Gasteiger partial charge in [-0.25, -0.2) is 0 Å². The number of Topliss-reactive ketones (excluding diaryl/α,β-unsaturated/α-hetero) is 1. The second kappa shape index (κ2) is 4.24. The molecule has 0 bridgehead atoms. The van der Waals surface area contributed by atoms with E-state index in [1.807, 2.05) is 6.92 Å². The predicted molar refractivity (Wildman–Crippen MR) is 55.1 cm³/mol. The van der Waals surface area contributed by atoms with Crippen molar-refractivity contribution < 1.29 is 9.90 Å². The van der Waals surface area contributed by atoms with Crippen LogP contribution in [-0.4, -0.2) is 10.9 Å². The molecule has 1 rings (SSSR count). The molecule has 1 aromatic rings. The van der Waals surface area contributed by atoms with Crippen LogP contribution in [0.5, 0.6) is 5.75 Å². The first-order chi connectivity index (χ1) is 6.57. The minimum Gasteiger partial charge on any atom is -0.508 e. The summed E-state index contributed by atoms with van der Waals surface area (Å²) in [4.78, 5) is 11.1. The Bertz CT molecular complexity index is 347. The Hall–Kier alpha value is -1.35. The number of rotatable bonds is 3. The third-order valence-electron chi connectivity index (χ3n) is 2.31. The second-order valence-electron chi connectivity index (χ2n) is 3.29. The van der Waals surface area contributed by atoms with Gasteiger partial charge < -0.3 is 10.8 Å². The first-order valence-electron chi connectivity index (χ1n) is 4.64. The molecule has 0 fully saturated rings. The van der Waals surface area contributed by atoms with Crippen molar-refractivity contribution in [1.29, 1.82) is 0 Å². The molecule has 0 aromatic heterocycles. The molecular formula is C11H15NO2. The van der Waals surface area contributed by atoms with Crippen molar-refractivity contribution in [3.8, 4) is 5.75 Å². The Balaban J connectivity index is 3.20. The van der Waals surface area contributed by atoms with Gasteiger partial charge in [0.1, 0.15) is 5.75 Å². The van der Waals surface area contributed by atoms with Crippen LogP contribution in [-0.2, 0) is 11.2 Å². The van der Waals surface area contributed by atoms with Gasteiger partial charge in [-0.2, -0.15) is 0 Å². The second-order valence-corrected chi connectivity index (χ2v) is 3.29. The van der Waals surface area contributed by atoms with E-state index in [-0.39, 0.29) is 11.5 Å². The summed E-state index contributed by atoms with van der Waals surface area (Å²) in [5, 5.41) is 9.56. The van der Waals surface area contributed by atoms with Crippen molar-refractivity contribution in [3.63, 3.8) is 0 Å². The van der Waals surface area contributed by atoms with E-state index in [2.05, 4.69) is 0 Å². The normalized spacial score (nSPS) is 12.5. The smallest absolute Gasteiger partial charge is 0.150 e. The molecule has 0 radical (unpaired) electrons. The number of benzene rings is 1. The monoisotopic (exact) mass is 193 g/mol. The summed E-state index contributed by atoms with van der Waals surface area (Å²) in [5.41, 5.74) is 7.20. The summed E-state index contributed by atoms with van der Waals surface area (Å²) in [6, 6.07) is 4.46. The van der Waals surface area contributed by atoms with Crippen molar-refractivity contribution in [2.45, 2.75) is 26.3 Å². The Morgan fingerprint density at radius 1 is 1.57 bits per heavy atom. The summed E-state index contributed by atoms with van der Waals surface area (Å²) < 4.78 is 0. The van der Waals surface area contributed by atoms with E-state index in [1.165, 1.54) is 6.92 Å². The van der Waals surface area contributed by atoms with Gasteiger partial charge in [0.15, 0.2) is 5.78 Å². The molecule has 3 N–H and O–H groups in total. The lowest BCUT2D eigenvalue weighted by atomic mass is 9.96. The van der Waals surface area contributed by atoms with E-state index >= 15 is 0 Å². The fourth-order valence-electron chi connectivity index (χ4n) is 1.49. The number of hydrogen-bond donors (Lipinski definition) is 2. The Morgan fingerprint density at radius 3 is 2.71 bits per heavy atom. The van der Waals surface area contributed by atoms with Crippen LogP contribution >= 0.6 is 0 Å². The molecule has 0 aliphatic rings. The number of phenolic OH excluding ortho intramolecular Hbond substituents is 1. The molecule has 3 nitrogen and oxygen atoms in total. The van der Waals surface area contributed by atoms with Crippen molar-refractivity contribution in [2.75, 3.05) is 0 Å². The van der Waals surface area contributed by atoms with Gasteiger partial charge in [0.2, 0.25) is 0 Å². The molecule has 0 aliphatic heterocycles. The number of hydrogen-bond acceptors (Lipinski definition) is 3. The van der Waals surface area contributed by atoms with Crippen LogP contribution in [0.3, 0.4) is 0 Å². The number of carbonyl (C=O) groups is 1. The zero-order chi connectivity index (χ0) is 10.7. The highest BCUT2D eigenvalue weighted by Crippen LogP contribution is 2.25. The highest BCUT2D eigenvalue weighted by Gasteiger charge is 2.16. The molecule has 0 saturated heterocycles. The van der Waals surface area contributed by atoms with Crippen LogP contribution in [0.4, 0.5) is 0 Å². The van der Waals surface area contributed by atoms with Crippen LogP contribution in [0, 0.1) is 0 Å². The molecule has 0 spiro atoms. The molecule has 0 heterocycles. The standard InChI is InChI=1S/C11H15NO2/c1-3-8-9(11(12)7(2)13)5-4-6-10(8)14/h4-6,11,14H,3,12H2,1-2H3.